The van der Waals surface area contributed by atoms with Crippen LogP contribution in [0.25, 0.3) is 0 Å². The minimum absolute atomic E-state index is 0.201. The van der Waals surface area contributed by atoms with E-state index in [1.807, 2.05) is 0 Å². The van der Waals surface area contributed by atoms with Crippen molar-refractivity contribution in [2.45, 2.75) is 0 Å². The molecule has 5 nitrogen and oxygen atoms in total. The highest BCUT2D eigenvalue weighted by Gasteiger charge is 2.13. The van der Waals surface area contributed by atoms with Crippen molar-refractivity contribution in [1.82, 2.24) is 4.98 Å². The molecule has 11 heavy (non-hydrogen) atoms. The van der Waals surface area contributed by atoms with Crippen LogP contribution in [0, 0.1) is 0 Å². The van der Waals surface area contributed by atoms with Gasteiger partial charge < -0.3 is 4.18 Å². The molecule has 0 radical (unpaired) electrons. The van der Waals surface area contributed by atoms with Gasteiger partial charge in [-0.2, -0.15) is 13.0 Å². The molecule has 1 heterocycles. The molecule has 62 valence electrons. The van der Waals surface area contributed by atoms with E-state index < -0.39 is 10.1 Å². The zero-order valence-electron chi connectivity index (χ0n) is 6.23. The van der Waals surface area contributed by atoms with E-state index in [1.165, 1.54) is 4.57 Å². The van der Waals surface area contributed by atoms with Crippen molar-refractivity contribution < 1.29 is 17.2 Å². The summed E-state index contributed by atoms with van der Waals surface area (Å²) < 4.78 is 27.3. The Bertz CT molecular complexity index is 340. The highest BCUT2D eigenvalue weighted by molar-refractivity contribution is 7.86. The lowest BCUT2D eigenvalue weighted by Gasteiger charge is -1.93. The van der Waals surface area contributed by atoms with Gasteiger partial charge in [-0.05, 0) is 0 Å². The molecule has 0 unspecified atom stereocenters. The number of aromatic amines is 1. The number of imidazole rings is 1. The molecule has 0 spiro atoms. The number of aryl methyl sites for hydroxylation is 1. The summed E-state index contributed by atoms with van der Waals surface area (Å²) in [6.45, 7) is 0. The van der Waals surface area contributed by atoms with Crippen molar-refractivity contribution in [2.75, 3.05) is 6.26 Å². The smallest absolute Gasteiger partial charge is 0.309 e. The Labute approximate surface area is 64.7 Å². The summed E-state index contributed by atoms with van der Waals surface area (Å²) in [4.78, 5) is 2.62. The van der Waals surface area contributed by atoms with Crippen molar-refractivity contribution >= 4 is 10.1 Å². The van der Waals surface area contributed by atoms with Crippen molar-refractivity contribution in [2.24, 2.45) is 7.05 Å². The van der Waals surface area contributed by atoms with Gasteiger partial charge in [-0.15, -0.1) is 0 Å². The average Bonchev–Trinajstić information content (AvgIpc) is 2.12. The Morgan fingerprint density at radius 2 is 2.27 bits per heavy atom. The van der Waals surface area contributed by atoms with E-state index in [4.69, 9.17) is 0 Å². The maximum absolute atomic E-state index is 10.6. The Morgan fingerprint density at radius 1 is 1.64 bits per heavy atom. The van der Waals surface area contributed by atoms with Gasteiger partial charge in [0, 0.05) is 0 Å². The van der Waals surface area contributed by atoms with Crippen LogP contribution in [0.4, 0.5) is 0 Å². The highest BCUT2D eigenvalue weighted by Crippen LogP contribution is 1.98. The molecule has 1 aromatic heterocycles. The number of H-pyrrole nitrogens is 1. The molecule has 0 bridgehead atoms. The van der Waals surface area contributed by atoms with E-state index >= 15 is 0 Å². The van der Waals surface area contributed by atoms with Gasteiger partial charge in [-0.3, -0.25) is 0 Å². The number of nitrogens with one attached hydrogen (secondary N) is 1. The predicted octanol–water partition coefficient (Wildman–Crippen LogP) is -0.822. The van der Waals surface area contributed by atoms with Crippen LogP contribution >= 0.6 is 0 Å². The van der Waals surface area contributed by atoms with Gasteiger partial charge in [0.1, 0.15) is 12.4 Å². The second-order valence-corrected chi connectivity index (χ2v) is 3.74. The fourth-order valence-corrected chi connectivity index (χ4v) is 1.07. The van der Waals surface area contributed by atoms with Gasteiger partial charge in [0.25, 0.3) is 0 Å². The van der Waals surface area contributed by atoms with Gasteiger partial charge in [0.2, 0.25) is 0 Å². The van der Waals surface area contributed by atoms with Crippen molar-refractivity contribution in [1.29, 1.82) is 0 Å². The minimum Gasteiger partial charge on any atom is -0.309 e. The van der Waals surface area contributed by atoms with Crippen LogP contribution in [0.1, 0.15) is 0 Å². The van der Waals surface area contributed by atoms with Gasteiger partial charge in [-0.1, -0.05) is 0 Å². The summed E-state index contributed by atoms with van der Waals surface area (Å²) in [5.41, 5.74) is 0. The SMILES string of the molecule is C[n+]1cc[nH]c1OS(C)(=O)=O. The Kier molecular flexibility index (Phi) is 1.86. The summed E-state index contributed by atoms with van der Waals surface area (Å²) in [5, 5.41) is 0. The molecule has 0 atom stereocenters. The summed E-state index contributed by atoms with van der Waals surface area (Å²) in [5.74, 6) is 0. The van der Waals surface area contributed by atoms with E-state index in [-0.39, 0.29) is 6.01 Å². The quantitative estimate of drug-likeness (QED) is 0.474. The third-order valence-corrected chi connectivity index (χ3v) is 1.52. The standard InChI is InChI=1S/C5H8N2O3S/c1-7-4-3-6-5(7)10-11(2,8)9/h3-4H,1-2H3/p+1. The van der Waals surface area contributed by atoms with Gasteiger partial charge in [0.15, 0.2) is 0 Å². The number of nitrogens with zero attached hydrogens (tertiary/aromatic N) is 1. The van der Waals surface area contributed by atoms with Crippen LogP contribution in [0.5, 0.6) is 6.01 Å². The summed E-state index contributed by atoms with van der Waals surface area (Å²) >= 11 is 0. The summed E-state index contributed by atoms with van der Waals surface area (Å²) in [7, 11) is -1.74. The zero-order chi connectivity index (χ0) is 8.48. The molecule has 1 N–H and O–H groups in total. The van der Waals surface area contributed by atoms with Crippen molar-refractivity contribution in [3.63, 3.8) is 0 Å². The summed E-state index contributed by atoms with van der Waals surface area (Å²) in [6, 6.07) is 0.201. The van der Waals surface area contributed by atoms with E-state index in [9.17, 15) is 8.42 Å². The normalized spacial score (nSPS) is 11.5. The van der Waals surface area contributed by atoms with Crippen LogP contribution < -0.4 is 8.75 Å². The van der Waals surface area contributed by atoms with Crippen LogP contribution in [-0.4, -0.2) is 19.7 Å². The number of hydrogen-bond donors (Lipinski definition) is 1. The van der Waals surface area contributed by atoms with E-state index in [0.717, 1.165) is 6.26 Å². The molecule has 1 rings (SSSR count). The zero-order valence-corrected chi connectivity index (χ0v) is 7.05. The number of aromatic nitrogens is 2. The largest absolute Gasteiger partial charge is 0.469 e. The van der Waals surface area contributed by atoms with E-state index in [0.29, 0.717) is 0 Å². The van der Waals surface area contributed by atoms with Crippen molar-refractivity contribution in [3.05, 3.63) is 12.4 Å². The monoisotopic (exact) mass is 177 g/mol. The lowest BCUT2D eigenvalue weighted by molar-refractivity contribution is -0.673. The Balaban J connectivity index is 2.89. The van der Waals surface area contributed by atoms with Crippen LogP contribution in [0.2, 0.25) is 0 Å². The average molecular weight is 177 g/mol. The van der Waals surface area contributed by atoms with Gasteiger partial charge in [-0.25, -0.2) is 4.98 Å². The third-order valence-electron chi connectivity index (χ3n) is 1.06. The first-order chi connectivity index (χ1) is 4.99. The predicted molar refractivity (Wildman–Crippen MR) is 37.4 cm³/mol. The molecule has 0 aliphatic heterocycles. The first-order valence-electron chi connectivity index (χ1n) is 2.91. The first-order valence-corrected chi connectivity index (χ1v) is 4.73. The lowest BCUT2D eigenvalue weighted by atomic mass is 10.9. The van der Waals surface area contributed by atoms with Crippen LogP contribution in [-0.2, 0) is 17.2 Å². The lowest BCUT2D eigenvalue weighted by Crippen LogP contribution is -2.29. The Morgan fingerprint density at radius 3 is 2.64 bits per heavy atom. The second kappa shape index (κ2) is 2.54. The summed E-state index contributed by atoms with van der Waals surface area (Å²) in [6.07, 6.45) is 4.23. The molecular formula is C5H9N2O3S+. The molecule has 0 aliphatic carbocycles. The minimum atomic E-state index is -3.42. The first kappa shape index (κ1) is 8.06. The molecule has 0 amide bonds. The molecule has 0 aliphatic rings. The maximum Gasteiger partial charge on any atom is 0.469 e. The number of rotatable bonds is 2. The van der Waals surface area contributed by atoms with Crippen LogP contribution in [0.15, 0.2) is 12.4 Å². The van der Waals surface area contributed by atoms with Crippen LogP contribution in [0.3, 0.4) is 0 Å². The molecule has 0 saturated carbocycles. The molecule has 1 aromatic rings. The molecule has 0 aromatic carbocycles. The number of hydrogen-bond acceptors (Lipinski definition) is 3. The van der Waals surface area contributed by atoms with Crippen molar-refractivity contribution in [3.8, 4) is 6.01 Å². The fraction of sp³-hybridized carbons (Fsp3) is 0.400. The maximum atomic E-state index is 10.6. The molecule has 6 heteroatoms. The molecule has 0 saturated heterocycles. The van der Waals surface area contributed by atoms with Gasteiger partial charge >= 0.3 is 16.1 Å². The third kappa shape index (κ3) is 2.23. The van der Waals surface area contributed by atoms with E-state index in [2.05, 4.69) is 9.17 Å². The molecule has 0 fully saturated rings. The topological polar surface area (TPSA) is 63.0 Å². The fourth-order valence-electron chi connectivity index (χ4n) is 0.616. The highest BCUT2D eigenvalue weighted by atomic mass is 32.2. The second-order valence-electron chi connectivity index (χ2n) is 2.16. The van der Waals surface area contributed by atoms with Gasteiger partial charge in [0.05, 0.1) is 13.3 Å². The Hall–Kier alpha value is -1.04. The molecular weight excluding hydrogens is 168 g/mol. The van der Waals surface area contributed by atoms with E-state index in [1.54, 1.807) is 19.4 Å².